The first-order valence-electron chi connectivity index (χ1n) is 5.72. The molecule has 3 N–H and O–H groups in total. The van der Waals surface area contributed by atoms with Crippen molar-refractivity contribution in [2.24, 2.45) is 16.1 Å². The molecule has 2 rings (SSSR count). The van der Waals surface area contributed by atoms with Crippen molar-refractivity contribution in [2.45, 2.75) is 45.1 Å². The monoisotopic (exact) mass is 223 g/mol. The van der Waals surface area contributed by atoms with E-state index in [1.54, 1.807) is 0 Å². The number of nitrogens with zero attached hydrogens (tertiary/aromatic N) is 1. The molecule has 88 valence electrons. The van der Waals surface area contributed by atoms with Gasteiger partial charge in [0.2, 0.25) is 5.91 Å². The van der Waals surface area contributed by atoms with Crippen molar-refractivity contribution in [3.05, 3.63) is 0 Å². The van der Waals surface area contributed by atoms with E-state index in [1.807, 2.05) is 13.8 Å². The molecule has 1 heterocycles. The van der Waals surface area contributed by atoms with Gasteiger partial charge in [0.1, 0.15) is 11.3 Å². The predicted molar refractivity (Wildman–Crippen MR) is 59.8 cm³/mol. The molecule has 5 heteroatoms. The van der Waals surface area contributed by atoms with E-state index < -0.39 is 11.0 Å². The molecular weight excluding hydrogens is 206 g/mol. The minimum absolute atomic E-state index is 0.223. The van der Waals surface area contributed by atoms with Crippen LogP contribution < -0.4 is 11.1 Å². The van der Waals surface area contributed by atoms with Gasteiger partial charge >= 0.3 is 0 Å². The highest BCUT2D eigenvalue weighted by molar-refractivity contribution is 6.22. The van der Waals surface area contributed by atoms with Crippen LogP contribution in [-0.4, -0.2) is 23.2 Å². The molecule has 0 bridgehead atoms. The molecule has 16 heavy (non-hydrogen) atoms. The molecule has 1 aliphatic heterocycles. The van der Waals surface area contributed by atoms with E-state index in [2.05, 4.69) is 10.3 Å². The summed E-state index contributed by atoms with van der Waals surface area (Å²) in [5, 5.41) is 2.71. The minimum Gasteiger partial charge on any atom is -0.319 e. The van der Waals surface area contributed by atoms with Gasteiger partial charge in [-0.05, 0) is 25.7 Å². The maximum absolute atomic E-state index is 11.8. The lowest BCUT2D eigenvalue weighted by Gasteiger charge is -2.32. The van der Waals surface area contributed by atoms with Crippen molar-refractivity contribution >= 4 is 17.6 Å². The van der Waals surface area contributed by atoms with Gasteiger partial charge in [0, 0.05) is 0 Å². The van der Waals surface area contributed by atoms with Crippen molar-refractivity contribution in [2.75, 3.05) is 0 Å². The van der Waals surface area contributed by atoms with Gasteiger partial charge in [-0.15, -0.1) is 0 Å². The summed E-state index contributed by atoms with van der Waals surface area (Å²) in [4.78, 5) is 27.6. The van der Waals surface area contributed by atoms with E-state index in [0.29, 0.717) is 31.5 Å². The maximum atomic E-state index is 11.8. The van der Waals surface area contributed by atoms with Crippen molar-refractivity contribution in [1.82, 2.24) is 5.32 Å². The third-order valence-corrected chi connectivity index (χ3v) is 3.77. The molecule has 1 spiro atoms. The number of amidine groups is 1. The smallest absolute Gasteiger partial charge is 0.263 e. The fourth-order valence-electron chi connectivity index (χ4n) is 1.95. The summed E-state index contributed by atoms with van der Waals surface area (Å²) in [7, 11) is 0. The molecule has 5 nitrogen and oxygen atoms in total. The Kier molecular flexibility index (Phi) is 2.38. The van der Waals surface area contributed by atoms with Crippen LogP contribution in [-0.2, 0) is 9.59 Å². The lowest BCUT2D eigenvalue weighted by molar-refractivity contribution is -0.135. The lowest BCUT2D eigenvalue weighted by Crippen LogP contribution is -2.59. The topological polar surface area (TPSA) is 84.5 Å². The minimum atomic E-state index is -0.841. The Bertz CT molecular complexity index is 379. The zero-order valence-corrected chi connectivity index (χ0v) is 9.67. The van der Waals surface area contributed by atoms with E-state index in [1.165, 1.54) is 0 Å². The molecule has 1 aliphatic carbocycles. The van der Waals surface area contributed by atoms with E-state index >= 15 is 0 Å². The summed E-state index contributed by atoms with van der Waals surface area (Å²) >= 11 is 0. The Hall–Kier alpha value is -1.23. The number of nitrogens with two attached hydrogens (primary N) is 1. The average molecular weight is 223 g/mol. The van der Waals surface area contributed by atoms with Gasteiger partial charge < -0.3 is 11.1 Å². The third kappa shape index (κ3) is 1.38. The second kappa shape index (κ2) is 3.38. The largest absolute Gasteiger partial charge is 0.319 e. The predicted octanol–water partition coefficient (Wildman–Crippen LogP) is 0.339. The summed E-state index contributed by atoms with van der Waals surface area (Å²) in [6.07, 6.45) is 2.51. The second-order valence-electron chi connectivity index (χ2n) is 4.67. The van der Waals surface area contributed by atoms with Gasteiger partial charge in [0.15, 0.2) is 0 Å². The van der Waals surface area contributed by atoms with Crippen molar-refractivity contribution < 1.29 is 9.59 Å². The van der Waals surface area contributed by atoms with Crippen LogP contribution in [0.4, 0.5) is 0 Å². The Balaban J connectivity index is 2.32. The number of amides is 2. The molecule has 0 atom stereocenters. The van der Waals surface area contributed by atoms with Crippen molar-refractivity contribution in [3.63, 3.8) is 0 Å². The lowest BCUT2D eigenvalue weighted by atomic mass is 9.90. The van der Waals surface area contributed by atoms with Gasteiger partial charge in [-0.2, -0.15) is 4.99 Å². The van der Waals surface area contributed by atoms with Gasteiger partial charge in [-0.25, -0.2) is 0 Å². The summed E-state index contributed by atoms with van der Waals surface area (Å²) in [5.41, 5.74) is 4.57. The molecule has 0 unspecified atom stereocenters. The molecule has 0 saturated heterocycles. The first kappa shape index (κ1) is 11.3. The number of rotatable bonds is 3. The molecule has 0 aromatic heterocycles. The van der Waals surface area contributed by atoms with Gasteiger partial charge in [0.05, 0.1) is 5.54 Å². The molecule has 2 amide bonds. The number of nitrogens with one attached hydrogen (secondary N) is 1. The SMILES string of the molecule is CCC(N)(CC)C1=NC(=O)C2(CC2)C(=O)N1. The average Bonchev–Trinajstić information content (AvgIpc) is 3.06. The zero-order valence-electron chi connectivity index (χ0n) is 9.67. The second-order valence-corrected chi connectivity index (χ2v) is 4.67. The van der Waals surface area contributed by atoms with Crippen LogP contribution in [0.1, 0.15) is 39.5 Å². The fourth-order valence-corrected chi connectivity index (χ4v) is 1.95. The summed E-state index contributed by atoms with van der Waals surface area (Å²) in [6, 6.07) is 0. The number of carbonyl (C=O) groups is 2. The van der Waals surface area contributed by atoms with Crippen molar-refractivity contribution in [1.29, 1.82) is 0 Å². The van der Waals surface area contributed by atoms with Crippen LogP contribution in [0.2, 0.25) is 0 Å². The summed E-state index contributed by atoms with van der Waals surface area (Å²) < 4.78 is 0. The standard InChI is InChI=1S/C11H17N3O2/c1-3-11(12,4-2)7-13-8(15)10(5-6-10)9(16)14-7/h3-6,12H2,1-2H3,(H,13,14,15,16). The summed E-state index contributed by atoms with van der Waals surface area (Å²) in [6.45, 7) is 3.84. The van der Waals surface area contributed by atoms with Gasteiger partial charge in [0.25, 0.3) is 5.91 Å². The van der Waals surface area contributed by atoms with E-state index in [-0.39, 0.29) is 11.8 Å². The van der Waals surface area contributed by atoms with E-state index in [0.717, 1.165) is 0 Å². The van der Waals surface area contributed by atoms with Crippen LogP contribution >= 0.6 is 0 Å². The molecule has 0 aromatic carbocycles. The number of hydrogen-bond acceptors (Lipinski definition) is 3. The van der Waals surface area contributed by atoms with Crippen LogP contribution in [0, 0.1) is 5.41 Å². The highest BCUT2D eigenvalue weighted by Gasteiger charge is 2.59. The Morgan fingerprint density at radius 2 is 1.94 bits per heavy atom. The Labute approximate surface area is 94.5 Å². The normalized spacial score (nSPS) is 23.1. The number of hydrogen-bond donors (Lipinski definition) is 2. The third-order valence-electron chi connectivity index (χ3n) is 3.77. The van der Waals surface area contributed by atoms with Crippen LogP contribution in [0.3, 0.4) is 0 Å². The highest BCUT2D eigenvalue weighted by atomic mass is 16.2. The number of carbonyl (C=O) groups excluding carboxylic acids is 2. The summed E-state index contributed by atoms with van der Waals surface area (Å²) in [5.74, 6) is -0.202. The molecule has 0 aromatic rings. The zero-order chi connectivity index (χ0) is 12.0. The van der Waals surface area contributed by atoms with Crippen molar-refractivity contribution in [3.8, 4) is 0 Å². The molecule has 2 aliphatic rings. The molecule has 1 fully saturated rings. The van der Waals surface area contributed by atoms with E-state index in [4.69, 9.17) is 5.73 Å². The van der Waals surface area contributed by atoms with Gasteiger partial charge in [-0.1, -0.05) is 13.8 Å². The maximum Gasteiger partial charge on any atom is 0.263 e. The van der Waals surface area contributed by atoms with Gasteiger partial charge in [-0.3, -0.25) is 9.59 Å². The molecular formula is C11H17N3O2. The quantitative estimate of drug-likeness (QED) is 0.676. The molecule has 1 saturated carbocycles. The molecule has 0 radical (unpaired) electrons. The fraction of sp³-hybridized carbons (Fsp3) is 0.727. The number of aliphatic imine (C=N–C) groups is 1. The van der Waals surface area contributed by atoms with Crippen LogP contribution in [0.25, 0.3) is 0 Å². The van der Waals surface area contributed by atoms with E-state index in [9.17, 15) is 9.59 Å². The Morgan fingerprint density at radius 1 is 1.38 bits per heavy atom. The highest BCUT2D eigenvalue weighted by Crippen LogP contribution is 2.48. The Morgan fingerprint density at radius 3 is 2.31 bits per heavy atom. The van der Waals surface area contributed by atoms with Crippen LogP contribution in [0.5, 0.6) is 0 Å². The first-order valence-corrected chi connectivity index (χ1v) is 5.72. The van der Waals surface area contributed by atoms with Crippen LogP contribution in [0.15, 0.2) is 4.99 Å². The first-order chi connectivity index (χ1) is 7.48.